The molecule has 0 fully saturated rings. The van der Waals surface area contributed by atoms with Gasteiger partial charge in [0.1, 0.15) is 5.82 Å². The van der Waals surface area contributed by atoms with E-state index in [0.717, 1.165) is 24.0 Å². The molecule has 0 bridgehead atoms. The Kier molecular flexibility index (Phi) is 1.81. The van der Waals surface area contributed by atoms with Crippen molar-refractivity contribution < 1.29 is 4.39 Å². The Morgan fingerprint density at radius 1 is 1.50 bits per heavy atom. The summed E-state index contributed by atoms with van der Waals surface area (Å²) in [4.78, 5) is 0. The monoisotopic (exact) mass is 185 g/mol. The van der Waals surface area contributed by atoms with Crippen molar-refractivity contribution in [3.05, 3.63) is 34.1 Å². The summed E-state index contributed by atoms with van der Waals surface area (Å²) in [5.41, 5.74) is 7.68. The number of rotatable bonds is 0. The zero-order valence-electron chi connectivity index (χ0n) is 6.48. The summed E-state index contributed by atoms with van der Waals surface area (Å²) in [6.07, 6.45) is 1.67. The second kappa shape index (κ2) is 2.71. The third-order valence-electron chi connectivity index (χ3n) is 2.34. The molecule has 0 heterocycles. The molecule has 0 spiro atoms. The highest BCUT2D eigenvalue weighted by atomic mass is 35.5. The minimum Gasteiger partial charge on any atom is -0.324 e. The van der Waals surface area contributed by atoms with Crippen molar-refractivity contribution in [2.45, 2.75) is 18.9 Å². The Labute approximate surface area is 75.3 Å². The van der Waals surface area contributed by atoms with Gasteiger partial charge in [-0.25, -0.2) is 4.39 Å². The average molecular weight is 186 g/mol. The fourth-order valence-corrected chi connectivity index (χ4v) is 1.93. The van der Waals surface area contributed by atoms with E-state index in [1.165, 1.54) is 6.07 Å². The number of halogens is 2. The molecule has 0 amide bonds. The van der Waals surface area contributed by atoms with Crippen molar-refractivity contribution in [3.63, 3.8) is 0 Å². The fraction of sp³-hybridized carbons (Fsp3) is 0.333. The molecule has 1 nitrogen and oxygen atoms in total. The maximum atomic E-state index is 12.9. The number of hydrogen-bond acceptors (Lipinski definition) is 1. The van der Waals surface area contributed by atoms with Crippen LogP contribution in [0.25, 0.3) is 0 Å². The molecule has 2 rings (SSSR count). The number of hydrogen-bond donors (Lipinski definition) is 1. The molecular formula is C9H9ClFN. The molecule has 3 heteroatoms. The van der Waals surface area contributed by atoms with Crippen LogP contribution in [-0.2, 0) is 6.42 Å². The van der Waals surface area contributed by atoms with E-state index in [4.69, 9.17) is 17.3 Å². The van der Waals surface area contributed by atoms with E-state index in [2.05, 4.69) is 0 Å². The van der Waals surface area contributed by atoms with Crippen LogP contribution >= 0.6 is 11.6 Å². The predicted molar refractivity (Wildman–Crippen MR) is 46.7 cm³/mol. The molecule has 0 aliphatic heterocycles. The minimum absolute atomic E-state index is 0.0399. The summed E-state index contributed by atoms with van der Waals surface area (Å²) < 4.78 is 12.9. The average Bonchev–Trinajstić information content (AvgIpc) is 2.41. The zero-order chi connectivity index (χ0) is 8.72. The summed E-state index contributed by atoms with van der Waals surface area (Å²) in [5, 5.41) is 0.250. The van der Waals surface area contributed by atoms with Crippen LogP contribution in [0, 0.1) is 5.82 Å². The summed E-state index contributed by atoms with van der Waals surface area (Å²) in [7, 11) is 0. The van der Waals surface area contributed by atoms with E-state index in [1.54, 1.807) is 6.07 Å². The van der Waals surface area contributed by atoms with Crippen LogP contribution in [0.4, 0.5) is 4.39 Å². The lowest BCUT2D eigenvalue weighted by molar-refractivity contribution is 0.626. The quantitative estimate of drug-likeness (QED) is 0.660. The molecular weight excluding hydrogens is 177 g/mol. The SMILES string of the molecule is NC1CCc2c1ccc(F)c2Cl. The lowest BCUT2D eigenvalue weighted by Crippen LogP contribution is -2.05. The standard InChI is InChI=1S/C9H9ClFN/c10-9-6-2-4-8(12)5(6)1-3-7(9)11/h1,3,8H,2,4,12H2. The third kappa shape index (κ3) is 1.03. The van der Waals surface area contributed by atoms with E-state index >= 15 is 0 Å². The van der Waals surface area contributed by atoms with Crippen molar-refractivity contribution in [1.29, 1.82) is 0 Å². The highest BCUT2D eigenvalue weighted by Crippen LogP contribution is 2.35. The molecule has 1 aromatic rings. The van der Waals surface area contributed by atoms with Gasteiger partial charge in [-0.15, -0.1) is 0 Å². The maximum absolute atomic E-state index is 12.9. The van der Waals surface area contributed by atoms with Crippen LogP contribution in [0.1, 0.15) is 23.6 Å². The number of fused-ring (bicyclic) bond motifs is 1. The lowest BCUT2D eigenvalue weighted by Gasteiger charge is -2.05. The molecule has 0 aromatic heterocycles. The van der Waals surface area contributed by atoms with E-state index < -0.39 is 0 Å². The van der Waals surface area contributed by atoms with E-state index in [0.29, 0.717) is 0 Å². The maximum Gasteiger partial charge on any atom is 0.142 e. The Morgan fingerprint density at radius 2 is 2.25 bits per heavy atom. The van der Waals surface area contributed by atoms with Gasteiger partial charge >= 0.3 is 0 Å². The number of benzene rings is 1. The van der Waals surface area contributed by atoms with Gasteiger partial charge in [-0.2, -0.15) is 0 Å². The van der Waals surface area contributed by atoms with Gasteiger partial charge in [0, 0.05) is 6.04 Å². The molecule has 0 radical (unpaired) electrons. The van der Waals surface area contributed by atoms with Crippen LogP contribution in [0.15, 0.2) is 12.1 Å². The summed E-state index contributed by atoms with van der Waals surface area (Å²) in [6, 6.07) is 3.15. The van der Waals surface area contributed by atoms with Crippen molar-refractivity contribution in [2.24, 2.45) is 5.73 Å². The van der Waals surface area contributed by atoms with E-state index in [1.807, 2.05) is 0 Å². The van der Waals surface area contributed by atoms with E-state index in [9.17, 15) is 4.39 Å². The van der Waals surface area contributed by atoms with Crippen molar-refractivity contribution in [3.8, 4) is 0 Å². The van der Waals surface area contributed by atoms with E-state index in [-0.39, 0.29) is 16.9 Å². The smallest absolute Gasteiger partial charge is 0.142 e. The van der Waals surface area contributed by atoms with Gasteiger partial charge in [0.15, 0.2) is 0 Å². The van der Waals surface area contributed by atoms with Crippen LogP contribution in [0.3, 0.4) is 0 Å². The summed E-state index contributed by atoms with van der Waals surface area (Å²) >= 11 is 5.77. The van der Waals surface area contributed by atoms with Crippen LogP contribution in [-0.4, -0.2) is 0 Å². The van der Waals surface area contributed by atoms with Gasteiger partial charge < -0.3 is 5.73 Å². The molecule has 1 atom stereocenters. The second-order valence-electron chi connectivity index (χ2n) is 3.07. The largest absolute Gasteiger partial charge is 0.324 e. The highest BCUT2D eigenvalue weighted by molar-refractivity contribution is 6.31. The first-order valence-corrected chi connectivity index (χ1v) is 4.30. The molecule has 1 aliphatic rings. The molecule has 1 unspecified atom stereocenters. The van der Waals surface area contributed by atoms with Gasteiger partial charge in [-0.3, -0.25) is 0 Å². The first kappa shape index (κ1) is 8.02. The molecule has 1 aromatic carbocycles. The summed E-state index contributed by atoms with van der Waals surface area (Å²) in [6.45, 7) is 0. The molecule has 0 saturated carbocycles. The first-order chi connectivity index (χ1) is 5.70. The zero-order valence-corrected chi connectivity index (χ0v) is 7.24. The van der Waals surface area contributed by atoms with Gasteiger partial charge in [0.05, 0.1) is 5.02 Å². The second-order valence-corrected chi connectivity index (χ2v) is 3.45. The van der Waals surface area contributed by atoms with Gasteiger partial charge in [-0.1, -0.05) is 17.7 Å². The van der Waals surface area contributed by atoms with Crippen LogP contribution in [0.2, 0.25) is 5.02 Å². The lowest BCUT2D eigenvalue weighted by atomic mass is 10.1. The summed E-state index contributed by atoms with van der Waals surface area (Å²) in [5.74, 6) is -0.343. The molecule has 0 saturated heterocycles. The van der Waals surface area contributed by atoms with Crippen LogP contribution < -0.4 is 5.73 Å². The molecule has 1 aliphatic carbocycles. The van der Waals surface area contributed by atoms with Gasteiger partial charge in [-0.05, 0) is 30.0 Å². The van der Waals surface area contributed by atoms with Crippen molar-refractivity contribution in [2.75, 3.05) is 0 Å². The Balaban J connectivity index is 2.60. The third-order valence-corrected chi connectivity index (χ3v) is 2.75. The molecule has 2 N–H and O–H groups in total. The minimum atomic E-state index is -0.343. The Morgan fingerprint density at radius 3 is 3.00 bits per heavy atom. The van der Waals surface area contributed by atoms with Crippen molar-refractivity contribution >= 4 is 11.6 Å². The normalized spacial score (nSPS) is 21.1. The first-order valence-electron chi connectivity index (χ1n) is 3.92. The predicted octanol–water partition coefficient (Wildman–Crippen LogP) is 2.43. The number of nitrogens with two attached hydrogens (primary N) is 1. The highest BCUT2D eigenvalue weighted by Gasteiger charge is 2.22. The topological polar surface area (TPSA) is 26.0 Å². The molecule has 12 heavy (non-hydrogen) atoms. The van der Waals surface area contributed by atoms with Crippen molar-refractivity contribution in [1.82, 2.24) is 0 Å². The van der Waals surface area contributed by atoms with Gasteiger partial charge in [0.25, 0.3) is 0 Å². The Hall–Kier alpha value is -0.600. The van der Waals surface area contributed by atoms with Crippen LogP contribution in [0.5, 0.6) is 0 Å². The van der Waals surface area contributed by atoms with Gasteiger partial charge in [0.2, 0.25) is 0 Å². The molecule has 64 valence electrons. The Bertz CT molecular complexity index is 325. The fourth-order valence-electron chi connectivity index (χ4n) is 1.66.